The second-order valence-corrected chi connectivity index (χ2v) is 12.8. The molecule has 1 aliphatic heterocycles. The molecule has 1 N–H and O–H groups in total. The lowest BCUT2D eigenvalue weighted by atomic mass is 9.85. The van der Waals surface area contributed by atoms with Crippen LogP contribution in [0.4, 0.5) is 5.13 Å². The van der Waals surface area contributed by atoms with Crippen LogP contribution in [0.1, 0.15) is 56.0 Å². The Balaban J connectivity index is 1.55. The maximum Gasteiger partial charge on any atom is 0.301 e. The van der Waals surface area contributed by atoms with Crippen LogP contribution >= 0.6 is 23.1 Å². The molecule has 0 bridgehead atoms. The quantitative estimate of drug-likeness (QED) is 0.0772. The van der Waals surface area contributed by atoms with Gasteiger partial charge in [-0.25, -0.2) is 0 Å². The van der Waals surface area contributed by atoms with Gasteiger partial charge in [-0.05, 0) is 53.3 Å². The van der Waals surface area contributed by atoms with Gasteiger partial charge in [-0.15, -0.1) is 10.2 Å². The molecule has 1 aromatic heterocycles. The molecule has 3 aromatic carbocycles. The first-order valence-corrected chi connectivity index (χ1v) is 15.1. The molecular weight excluding hydrogens is 555 g/mol. The molecular formula is C32H31N3O4S2. The number of anilines is 1. The number of ketones is 1. The molecule has 1 saturated heterocycles. The molecule has 0 saturated carbocycles. The van der Waals surface area contributed by atoms with Crippen molar-refractivity contribution in [3.63, 3.8) is 0 Å². The Bertz CT molecular complexity index is 1570. The summed E-state index contributed by atoms with van der Waals surface area (Å²) in [6.07, 6.45) is 0. The van der Waals surface area contributed by atoms with E-state index in [1.807, 2.05) is 61.5 Å². The van der Waals surface area contributed by atoms with Crippen LogP contribution in [-0.2, 0) is 20.8 Å². The van der Waals surface area contributed by atoms with E-state index in [0.717, 1.165) is 11.1 Å². The summed E-state index contributed by atoms with van der Waals surface area (Å²) in [5.74, 6) is -0.424. The van der Waals surface area contributed by atoms with Gasteiger partial charge < -0.3 is 9.84 Å². The van der Waals surface area contributed by atoms with Crippen LogP contribution in [-0.4, -0.2) is 33.6 Å². The summed E-state index contributed by atoms with van der Waals surface area (Å²) >= 11 is 2.77. The fourth-order valence-corrected chi connectivity index (χ4v) is 6.44. The number of aliphatic hydroxyl groups is 1. The summed E-state index contributed by atoms with van der Waals surface area (Å²) in [5, 5.41) is 20.3. The lowest BCUT2D eigenvalue weighted by molar-refractivity contribution is -0.132. The number of aromatic nitrogens is 2. The number of aliphatic hydroxyl groups excluding tert-OH is 1. The summed E-state index contributed by atoms with van der Waals surface area (Å²) < 4.78 is 6.20. The number of nitrogens with zero attached hydrogens (tertiary/aromatic N) is 3. The van der Waals surface area contributed by atoms with Gasteiger partial charge in [0.15, 0.2) is 4.34 Å². The minimum Gasteiger partial charge on any atom is -0.507 e. The second kappa shape index (κ2) is 11.9. The number of ether oxygens (including phenoxy) is 1. The van der Waals surface area contributed by atoms with Crippen molar-refractivity contribution in [1.82, 2.24) is 10.2 Å². The Hall–Kier alpha value is -3.95. The third-order valence-corrected chi connectivity index (χ3v) is 8.91. The van der Waals surface area contributed by atoms with Crippen LogP contribution < -0.4 is 9.64 Å². The van der Waals surface area contributed by atoms with E-state index in [9.17, 15) is 14.7 Å². The minimum absolute atomic E-state index is 0.0105. The third-order valence-electron chi connectivity index (χ3n) is 6.78. The zero-order chi connectivity index (χ0) is 29.1. The summed E-state index contributed by atoms with van der Waals surface area (Å²) in [6, 6.07) is 23.7. The van der Waals surface area contributed by atoms with Gasteiger partial charge in [-0.3, -0.25) is 14.5 Å². The van der Waals surface area contributed by atoms with Crippen LogP contribution in [0.2, 0.25) is 0 Å². The number of hydrogen-bond donors (Lipinski definition) is 1. The molecule has 7 nitrogen and oxygen atoms in total. The number of rotatable bonds is 8. The van der Waals surface area contributed by atoms with E-state index in [0.29, 0.717) is 38.7 Å². The molecule has 9 heteroatoms. The van der Waals surface area contributed by atoms with E-state index in [2.05, 4.69) is 31.0 Å². The van der Waals surface area contributed by atoms with Crippen molar-refractivity contribution in [3.05, 3.63) is 107 Å². The molecule has 0 radical (unpaired) electrons. The van der Waals surface area contributed by atoms with E-state index >= 15 is 0 Å². The van der Waals surface area contributed by atoms with Gasteiger partial charge in [0.1, 0.15) is 11.5 Å². The fourth-order valence-electron chi connectivity index (χ4n) is 4.62. The van der Waals surface area contributed by atoms with Crippen molar-refractivity contribution in [2.24, 2.45) is 0 Å². The number of carbonyl (C=O) groups is 2. The Labute approximate surface area is 247 Å². The summed E-state index contributed by atoms with van der Waals surface area (Å²) in [7, 11) is 0. The van der Waals surface area contributed by atoms with E-state index in [4.69, 9.17) is 4.74 Å². The number of Topliss-reactive ketones (excluding diaryl/α,β-unsaturated/α-hetero) is 1. The van der Waals surface area contributed by atoms with Crippen molar-refractivity contribution >= 4 is 45.7 Å². The minimum atomic E-state index is -0.865. The number of hydrogen-bond acceptors (Lipinski definition) is 8. The Morgan fingerprint density at radius 2 is 1.66 bits per heavy atom. The number of thioether (sulfide) groups is 1. The van der Waals surface area contributed by atoms with E-state index in [1.54, 1.807) is 24.3 Å². The van der Waals surface area contributed by atoms with Crippen LogP contribution in [0.15, 0.2) is 88.8 Å². The van der Waals surface area contributed by atoms with Crippen molar-refractivity contribution < 1.29 is 19.4 Å². The smallest absolute Gasteiger partial charge is 0.301 e. The molecule has 41 heavy (non-hydrogen) atoms. The standard InChI is InChI=1S/C32H31N3O4S2/c1-5-39-24-17-13-22(14-18-24)27(36)25-26(21-11-15-23(16-12-21)32(2,3)4)35(29(38)28(25)37)30-33-34-31(41-30)40-19-20-9-7-6-8-10-20/h6-18,26,36H,5,19H2,1-4H3/b27-25-. The van der Waals surface area contributed by atoms with Crippen LogP contribution in [0.5, 0.6) is 5.75 Å². The average Bonchev–Trinajstić information content (AvgIpc) is 3.54. The molecule has 1 unspecified atom stereocenters. The summed E-state index contributed by atoms with van der Waals surface area (Å²) in [5.41, 5.74) is 3.30. The Morgan fingerprint density at radius 3 is 2.29 bits per heavy atom. The summed E-state index contributed by atoms with van der Waals surface area (Å²) in [4.78, 5) is 28.4. The van der Waals surface area contributed by atoms with Gasteiger partial charge in [0.25, 0.3) is 5.78 Å². The predicted molar refractivity (Wildman–Crippen MR) is 163 cm³/mol. The van der Waals surface area contributed by atoms with Gasteiger partial charge in [0, 0.05) is 11.3 Å². The first kappa shape index (κ1) is 28.6. The van der Waals surface area contributed by atoms with Crippen molar-refractivity contribution in [1.29, 1.82) is 0 Å². The SMILES string of the molecule is CCOc1ccc(/C(O)=C2/C(=O)C(=O)N(c3nnc(SCc4ccccc4)s3)C2c2ccc(C(C)(C)C)cc2)cc1. The Morgan fingerprint density at radius 1 is 0.976 bits per heavy atom. The predicted octanol–water partition coefficient (Wildman–Crippen LogP) is 7.15. The van der Waals surface area contributed by atoms with Gasteiger partial charge in [0.05, 0.1) is 18.2 Å². The third kappa shape index (κ3) is 6.06. The highest BCUT2D eigenvalue weighted by molar-refractivity contribution is 8.00. The monoisotopic (exact) mass is 585 g/mol. The highest BCUT2D eigenvalue weighted by Crippen LogP contribution is 2.44. The molecule has 5 rings (SSSR count). The van der Waals surface area contributed by atoms with Crippen LogP contribution in [0.3, 0.4) is 0 Å². The molecule has 1 amide bonds. The molecule has 1 atom stereocenters. The van der Waals surface area contributed by atoms with Crippen LogP contribution in [0.25, 0.3) is 5.76 Å². The fraction of sp³-hybridized carbons (Fsp3) is 0.250. The number of benzene rings is 3. The number of amides is 1. The van der Waals surface area contributed by atoms with Gasteiger partial charge >= 0.3 is 5.91 Å². The van der Waals surface area contributed by atoms with Crippen molar-refractivity contribution in [2.45, 2.75) is 49.2 Å². The second-order valence-electron chi connectivity index (χ2n) is 10.6. The first-order chi connectivity index (χ1) is 19.7. The van der Waals surface area contributed by atoms with Gasteiger partial charge in [-0.1, -0.05) is 98.5 Å². The van der Waals surface area contributed by atoms with E-state index < -0.39 is 17.7 Å². The molecule has 1 aliphatic rings. The molecule has 0 aliphatic carbocycles. The van der Waals surface area contributed by atoms with Crippen LogP contribution in [0, 0.1) is 0 Å². The zero-order valence-corrected chi connectivity index (χ0v) is 25.0. The normalized spacial score (nSPS) is 16.8. The zero-order valence-electron chi connectivity index (χ0n) is 23.3. The molecule has 1 fully saturated rings. The largest absolute Gasteiger partial charge is 0.507 e. The average molecular weight is 586 g/mol. The lowest BCUT2D eigenvalue weighted by Crippen LogP contribution is -2.29. The highest BCUT2D eigenvalue weighted by atomic mass is 32.2. The summed E-state index contributed by atoms with van der Waals surface area (Å²) in [6.45, 7) is 8.76. The van der Waals surface area contributed by atoms with Crippen molar-refractivity contribution in [2.75, 3.05) is 11.5 Å². The van der Waals surface area contributed by atoms with Gasteiger partial charge in [-0.2, -0.15) is 0 Å². The highest BCUT2D eigenvalue weighted by Gasteiger charge is 2.48. The maximum atomic E-state index is 13.5. The van der Waals surface area contributed by atoms with E-state index in [-0.39, 0.29) is 16.7 Å². The molecule has 2 heterocycles. The van der Waals surface area contributed by atoms with Crippen molar-refractivity contribution in [3.8, 4) is 5.75 Å². The van der Waals surface area contributed by atoms with E-state index in [1.165, 1.54) is 28.0 Å². The van der Waals surface area contributed by atoms with Gasteiger partial charge in [0.2, 0.25) is 5.13 Å². The topological polar surface area (TPSA) is 92.6 Å². The molecule has 210 valence electrons. The molecule has 4 aromatic rings. The Kier molecular flexibility index (Phi) is 8.28. The lowest BCUT2D eigenvalue weighted by Gasteiger charge is -2.24. The number of carbonyl (C=O) groups excluding carboxylic acids is 2. The first-order valence-electron chi connectivity index (χ1n) is 13.3. The molecule has 0 spiro atoms. The maximum absolute atomic E-state index is 13.5.